The fourth-order valence-corrected chi connectivity index (χ4v) is 5.22. The third-order valence-corrected chi connectivity index (χ3v) is 6.86. The Kier molecular flexibility index (Phi) is 4.90. The maximum absolute atomic E-state index is 12.7. The summed E-state index contributed by atoms with van der Waals surface area (Å²) in [6.07, 6.45) is 1.58. The highest BCUT2D eigenvalue weighted by molar-refractivity contribution is 7.99. The molecule has 150 valence electrons. The average Bonchev–Trinajstić information content (AvgIpc) is 3.20. The molecule has 0 aliphatic carbocycles. The van der Waals surface area contributed by atoms with Crippen LogP contribution in [0.3, 0.4) is 0 Å². The largest absolute Gasteiger partial charge is 0.497 e. The van der Waals surface area contributed by atoms with Crippen LogP contribution in [0, 0.1) is 6.92 Å². The fourth-order valence-electron chi connectivity index (χ4n) is 3.82. The van der Waals surface area contributed by atoms with E-state index >= 15 is 0 Å². The minimum Gasteiger partial charge on any atom is -0.497 e. The summed E-state index contributed by atoms with van der Waals surface area (Å²) in [6, 6.07) is 11.5. The van der Waals surface area contributed by atoms with Gasteiger partial charge in [-0.3, -0.25) is 4.79 Å². The highest BCUT2D eigenvalue weighted by atomic mass is 32.2. The van der Waals surface area contributed by atoms with Crippen LogP contribution in [0.1, 0.15) is 30.5 Å². The molecule has 6 heteroatoms. The number of carbonyl (C=O) groups is 1. The van der Waals surface area contributed by atoms with Crippen molar-refractivity contribution in [1.29, 1.82) is 0 Å². The molecule has 0 radical (unpaired) electrons. The molecule has 0 spiro atoms. The number of hydrazone groups is 1. The van der Waals surface area contributed by atoms with E-state index in [0.717, 1.165) is 22.6 Å². The van der Waals surface area contributed by atoms with E-state index in [0.29, 0.717) is 17.1 Å². The molecule has 1 amide bonds. The lowest BCUT2D eigenvalue weighted by Crippen LogP contribution is -2.20. The van der Waals surface area contributed by atoms with E-state index in [4.69, 9.17) is 9.47 Å². The minimum atomic E-state index is -0.179. The fraction of sp³-hybridized carbons (Fsp3) is 0.304. The van der Waals surface area contributed by atoms with Gasteiger partial charge in [0.2, 0.25) is 0 Å². The lowest BCUT2D eigenvalue weighted by Gasteiger charge is -2.23. The summed E-state index contributed by atoms with van der Waals surface area (Å²) < 4.78 is 11.5. The van der Waals surface area contributed by atoms with Gasteiger partial charge in [-0.1, -0.05) is 13.8 Å². The van der Waals surface area contributed by atoms with Crippen LogP contribution in [0.4, 0.5) is 0 Å². The number of ether oxygens (including phenoxy) is 2. The maximum atomic E-state index is 12.7. The molecule has 2 heterocycles. The Morgan fingerprint density at radius 1 is 1.14 bits per heavy atom. The van der Waals surface area contributed by atoms with Gasteiger partial charge in [0.25, 0.3) is 5.91 Å². The van der Waals surface area contributed by atoms with Crippen LogP contribution in [0.25, 0.3) is 5.76 Å². The lowest BCUT2D eigenvalue weighted by molar-refractivity contribution is -0.124. The molecule has 2 aromatic rings. The molecule has 0 fully saturated rings. The van der Waals surface area contributed by atoms with Crippen LogP contribution in [0.15, 0.2) is 52.0 Å². The summed E-state index contributed by atoms with van der Waals surface area (Å²) in [5.41, 5.74) is 3.91. The van der Waals surface area contributed by atoms with Gasteiger partial charge in [-0.25, -0.2) is 5.01 Å². The summed E-state index contributed by atoms with van der Waals surface area (Å²) in [7, 11) is 3.27. The van der Waals surface area contributed by atoms with Gasteiger partial charge < -0.3 is 9.47 Å². The van der Waals surface area contributed by atoms with Crippen molar-refractivity contribution in [3.05, 3.63) is 58.7 Å². The van der Waals surface area contributed by atoms with Crippen molar-refractivity contribution in [2.75, 3.05) is 19.9 Å². The molecule has 5 nitrogen and oxygen atoms in total. The van der Waals surface area contributed by atoms with Gasteiger partial charge in [-0.15, -0.1) is 11.8 Å². The van der Waals surface area contributed by atoms with Gasteiger partial charge in [0.15, 0.2) is 0 Å². The van der Waals surface area contributed by atoms with Crippen molar-refractivity contribution in [2.45, 2.75) is 31.1 Å². The van der Waals surface area contributed by atoms with E-state index in [-0.39, 0.29) is 11.3 Å². The van der Waals surface area contributed by atoms with Gasteiger partial charge in [0.1, 0.15) is 22.8 Å². The standard InChI is InChI=1S/C23H24N2O3S/c1-14-17(10-11-19-20(14)23(2,3)13-29-19)21(18-12-24-25(4)22(18)26)28-16-8-6-15(27-5)7-9-16/h6-12H,13H2,1-5H3/b21-18-. The topological polar surface area (TPSA) is 51.1 Å². The second kappa shape index (κ2) is 7.26. The first-order valence-corrected chi connectivity index (χ1v) is 10.5. The molecule has 0 saturated carbocycles. The Labute approximate surface area is 175 Å². The number of nitrogens with zero attached hydrogens (tertiary/aromatic N) is 2. The Balaban J connectivity index is 1.85. The number of fused-ring (bicyclic) bond motifs is 1. The number of hydrogen-bond donors (Lipinski definition) is 0. The quantitative estimate of drug-likeness (QED) is 0.547. The highest BCUT2D eigenvalue weighted by Gasteiger charge is 2.34. The molecule has 0 unspecified atom stereocenters. The number of likely N-dealkylation sites (N-methyl/N-ethyl adjacent to an activating group) is 1. The second-order valence-corrected chi connectivity index (χ2v) is 8.89. The lowest BCUT2D eigenvalue weighted by atomic mass is 9.82. The van der Waals surface area contributed by atoms with E-state index < -0.39 is 0 Å². The van der Waals surface area contributed by atoms with Crippen molar-refractivity contribution in [1.82, 2.24) is 5.01 Å². The zero-order valence-corrected chi connectivity index (χ0v) is 18.1. The van der Waals surface area contributed by atoms with Gasteiger partial charge in [-0.05, 0) is 54.4 Å². The zero-order valence-electron chi connectivity index (χ0n) is 17.3. The van der Waals surface area contributed by atoms with Crippen LogP contribution < -0.4 is 9.47 Å². The van der Waals surface area contributed by atoms with E-state index in [9.17, 15) is 4.79 Å². The number of hydrogen-bond acceptors (Lipinski definition) is 5. The number of amides is 1. The van der Waals surface area contributed by atoms with Crippen LogP contribution in [-0.4, -0.2) is 37.0 Å². The maximum Gasteiger partial charge on any atom is 0.279 e. The normalized spacial score (nSPS) is 18.8. The van der Waals surface area contributed by atoms with Crippen molar-refractivity contribution >= 4 is 29.6 Å². The SMILES string of the molecule is COc1ccc(O/C(=C2/C=NN(C)C2=O)c2ccc3c(c2C)C(C)(C)CS3)cc1. The number of methoxy groups -OCH3 is 1. The van der Waals surface area contributed by atoms with Crippen LogP contribution in [-0.2, 0) is 10.2 Å². The molecule has 0 N–H and O–H groups in total. The number of thioether (sulfide) groups is 1. The molecule has 0 atom stereocenters. The molecule has 0 bridgehead atoms. The monoisotopic (exact) mass is 408 g/mol. The molecule has 2 aromatic carbocycles. The third-order valence-electron chi connectivity index (χ3n) is 5.35. The second-order valence-electron chi connectivity index (χ2n) is 7.88. The Morgan fingerprint density at radius 3 is 2.45 bits per heavy atom. The predicted octanol–water partition coefficient (Wildman–Crippen LogP) is 4.63. The van der Waals surface area contributed by atoms with E-state index in [2.05, 4.69) is 31.9 Å². The minimum absolute atomic E-state index is 0.0700. The van der Waals surface area contributed by atoms with Gasteiger partial charge in [0.05, 0.1) is 13.3 Å². The van der Waals surface area contributed by atoms with E-state index in [1.165, 1.54) is 15.5 Å². The predicted molar refractivity (Wildman–Crippen MR) is 117 cm³/mol. The smallest absolute Gasteiger partial charge is 0.279 e. The molecule has 0 aromatic heterocycles. The van der Waals surface area contributed by atoms with Crippen molar-refractivity contribution in [2.24, 2.45) is 5.10 Å². The van der Waals surface area contributed by atoms with Gasteiger partial charge in [-0.2, -0.15) is 5.10 Å². The number of benzene rings is 2. The van der Waals surface area contributed by atoms with Crippen molar-refractivity contribution < 1.29 is 14.3 Å². The molecular formula is C23H24N2O3S. The molecule has 4 rings (SSSR count). The van der Waals surface area contributed by atoms with Crippen molar-refractivity contribution in [3.63, 3.8) is 0 Å². The van der Waals surface area contributed by atoms with E-state index in [1.54, 1.807) is 20.4 Å². The molecule has 2 aliphatic rings. The summed E-state index contributed by atoms with van der Waals surface area (Å²) >= 11 is 1.88. The molecule has 2 aliphatic heterocycles. The molecule has 0 saturated heterocycles. The molecule has 29 heavy (non-hydrogen) atoms. The third kappa shape index (κ3) is 3.42. The van der Waals surface area contributed by atoms with Crippen LogP contribution in [0.5, 0.6) is 11.5 Å². The summed E-state index contributed by atoms with van der Waals surface area (Å²) in [6.45, 7) is 6.63. The number of carbonyl (C=O) groups excluding carboxylic acids is 1. The van der Waals surface area contributed by atoms with Gasteiger partial charge >= 0.3 is 0 Å². The zero-order chi connectivity index (χ0) is 20.8. The molecular weight excluding hydrogens is 384 g/mol. The van der Waals surface area contributed by atoms with E-state index in [1.807, 2.05) is 42.1 Å². The van der Waals surface area contributed by atoms with Crippen molar-refractivity contribution in [3.8, 4) is 11.5 Å². The van der Waals surface area contributed by atoms with Crippen LogP contribution >= 0.6 is 11.8 Å². The first kappa shape index (κ1) is 19.6. The Hall–Kier alpha value is -2.73. The Morgan fingerprint density at radius 2 is 1.83 bits per heavy atom. The highest BCUT2D eigenvalue weighted by Crippen LogP contribution is 2.47. The average molecular weight is 409 g/mol. The summed E-state index contributed by atoms with van der Waals surface area (Å²) in [4.78, 5) is 14.0. The number of rotatable bonds is 4. The summed E-state index contributed by atoms with van der Waals surface area (Å²) in [5.74, 6) is 2.78. The van der Waals surface area contributed by atoms with Gasteiger partial charge in [0, 0.05) is 28.7 Å². The van der Waals surface area contributed by atoms with Crippen LogP contribution in [0.2, 0.25) is 0 Å². The Bertz CT molecular complexity index is 1040. The first-order valence-electron chi connectivity index (χ1n) is 9.47. The summed E-state index contributed by atoms with van der Waals surface area (Å²) in [5, 5.41) is 5.47. The first-order chi connectivity index (χ1) is 13.8.